The second kappa shape index (κ2) is 11.5. The summed E-state index contributed by atoms with van der Waals surface area (Å²) in [5.74, 6) is 0.254. The molecule has 1 heteroatoms. The van der Waals surface area contributed by atoms with E-state index in [-0.39, 0.29) is 5.92 Å². The SMILES string of the molecule is C1=CCCC(n2c3ccccc3c3cc4c(cc32)=C(C2=CCCC=C2)C2=CC(c3ccccc3)=CCC2C=4c2ccc3ccccc3c2)=C1. The quantitative estimate of drug-likeness (QED) is 0.183. The molecular formula is C48H37N. The van der Waals surface area contributed by atoms with Gasteiger partial charge in [0.05, 0.1) is 11.0 Å². The number of hydrogen-bond donors (Lipinski definition) is 0. The molecule has 0 bridgehead atoms. The Bertz CT molecular complexity index is 2660. The number of benzene rings is 5. The lowest BCUT2D eigenvalue weighted by atomic mass is 9.70. The van der Waals surface area contributed by atoms with E-state index < -0.39 is 0 Å². The van der Waals surface area contributed by atoms with Crippen molar-refractivity contribution in [2.45, 2.75) is 32.1 Å². The molecule has 0 saturated carbocycles. The summed E-state index contributed by atoms with van der Waals surface area (Å²) in [5.41, 5.74) is 13.5. The van der Waals surface area contributed by atoms with Gasteiger partial charge < -0.3 is 4.57 Å². The van der Waals surface area contributed by atoms with E-state index in [9.17, 15) is 0 Å². The van der Waals surface area contributed by atoms with Crippen molar-refractivity contribution in [2.24, 2.45) is 5.92 Å². The summed E-state index contributed by atoms with van der Waals surface area (Å²) >= 11 is 0. The first-order valence-electron chi connectivity index (χ1n) is 17.8. The van der Waals surface area contributed by atoms with E-state index in [0.717, 1.165) is 32.1 Å². The Kier molecular flexibility index (Phi) is 6.65. The molecule has 0 saturated heterocycles. The van der Waals surface area contributed by atoms with E-state index in [4.69, 9.17) is 0 Å². The first-order chi connectivity index (χ1) is 24.3. The Morgan fingerprint density at radius 3 is 2.31 bits per heavy atom. The molecule has 1 heterocycles. The summed E-state index contributed by atoms with van der Waals surface area (Å²) in [5, 5.41) is 7.95. The standard InChI is InChI=1S/C48H37N/c1-4-14-32(15-5-1)36-26-27-40-42(29-36)47(34-17-6-2-7-18-34)44-31-46-41(39-22-12-13-23-45(39)49(46)38-20-8-3-9-21-38)30-43(44)48(40)37-25-24-33-16-10-11-19-35(33)28-37/h1,3-6,8,10-20,22-26,28-31,40H,2,7,9,21,27H2. The van der Waals surface area contributed by atoms with Crippen molar-refractivity contribution in [3.63, 3.8) is 0 Å². The largest absolute Gasteiger partial charge is 0.313 e. The van der Waals surface area contributed by atoms with Crippen molar-refractivity contribution in [1.29, 1.82) is 0 Å². The monoisotopic (exact) mass is 627 g/mol. The number of fused-ring (bicyclic) bond motifs is 6. The van der Waals surface area contributed by atoms with Gasteiger partial charge in [-0.2, -0.15) is 0 Å². The molecule has 0 amide bonds. The van der Waals surface area contributed by atoms with Crippen LogP contribution in [0.5, 0.6) is 0 Å². The summed E-state index contributed by atoms with van der Waals surface area (Å²) in [6, 6.07) is 40.9. The predicted octanol–water partition coefficient (Wildman–Crippen LogP) is 10.8. The Hall–Kier alpha value is -5.66. The average molecular weight is 628 g/mol. The molecule has 6 aromatic rings. The van der Waals surface area contributed by atoms with Gasteiger partial charge in [-0.05, 0) is 123 Å². The maximum absolute atomic E-state index is 2.55. The highest BCUT2D eigenvalue weighted by atomic mass is 15.0. The second-order valence-electron chi connectivity index (χ2n) is 13.8. The zero-order valence-corrected chi connectivity index (χ0v) is 27.6. The van der Waals surface area contributed by atoms with Crippen molar-refractivity contribution in [3.05, 3.63) is 191 Å². The van der Waals surface area contributed by atoms with Crippen molar-refractivity contribution in [1.82, 2.24) is 4.57 Å². The lowest BCUT2D eigenvalue weighted by molar-refractivity contribution is 0.800. The summed E-state index contributed by atoms with van der Waals surface area (Å²) in [4.78, 5) is 0. The summed E-state index contributed by atoms with van der Waals surface area (Å²) in [6.45, 7) is 0. The molecule has 5 aromatic carbocycles. The van der Waals surface area contributed by atoms with Crippen LogP contribution in [-0.4, -0.2) is 4.57 Å². The van der Waals surface area contributed by atoms with Gasteiger partial charge in [-0.15, -0.1) is 0 Å². The molecule has 0 N–H and O–H groups in total. The van der Waals surface area contributed by atoms with Crippen LogP contribution in [0.3, 0.4) is 0 Å². The van der Waals surface area contributed by atoms with Gasteiger partial charge in [-0.3, -0.25) is 0 Å². The second-order valence-corrected chi connectivity index (χ2v) is 13.8. The van der Waals surface area contributed by atoms with Crippen LogP contribution in [0.15, 0.2) is 169 Å². The van der Waals surface area contributed by atoms with Crippen molar-refractivity contribution < 1.29 is 0 Å². The fraction of sp³-hybridized carbons (Fsp3) is 0.125. The molecule has 0 fully saturated rings. The lowest BCUT2D eigenvalue weighted by Gasteiger charge is -2.33. The molecule has 0 radical (unpaired) electrons. The van der Waals surface area contributed by atoms with E-state index in [0.29, 0.717) is 0 Å². The topological polar surface area (TPSA) is 4.93 Å². The number of para-hydroxylation sites is 1. The molecule has 10 rings (SSSR count). The predicted molar refractivity (Wildman–Crippen MR) is 208 cm³/mol. The van der Waals surface area contributed by atoms with Crippen LogP contribution in [-0.2, 0) is 0 Å². The number of nitrogens with zero attached hydrogens (tertiary/aromatic N) is 1. The molecule has 0 aliphatic heterocycles. The first kappa shape index (κ1) is 28.4. The smallest absolute Gasteiger partial charge is 0.0544 e. The molecular weight excluding hydrogens is 591 g/mol. The average Bonchev–Trinajstić information content (AvgIpc) is 3.50. The van der Waals surface area contributed by atoms with Gasteiger partial charge in [-0.1, -0.05) is 127 Å². The van der Waals surface area contributed by atoms with Crippen molar-refractivity contribution >= 4 is 55.0 Å². The van der Waals surface area contributed by atoms with Crippen LogP contribution in [0.4, 0.5) is 0 Å². The molecule has 1 atom stereocenters. The molecule has 0 spiro atoms. The minimum Gasteiger partial charge on any atom is -0.313 e. The van der Waals surface area contributed by atoms with Crippen molar-refractivity contribution in [3.8, 4) is 0 Å². The van der Waals surface area contributed by atoms with Gasteiger partial charge in [0.1, 0.15) is 0 Å². The fourth-order valence-electron chi connectivity index (χ4n) is 8.76. The third-order valence-corrected chi connectivity index (χ3v) is 11.0. The van der Waals surface area contributed by atoms with Crippen molar-refractivity contribution in [2.75, 3.05) is 0 Å². The maximum atomic E-state index is 2.55. The van der Waals surface area contributed by atoms with Gasteiger partial charge in [0, 0.05) is 22.4 Å². The minimum atomic E-state index is 0.254. The summed E-state index contributed by atoms with van der Waals surface area (Å²) in [7, 11) is 0. The fourth-order valence-corrected chi connectivity index (χ4v) is 8.76. The molecule has 234 valence electrons. The van der Waals surface area contributed by atoms with Gasteiger partial charge in [0.2, 0.25) is 0 Å². The van der Waals surface area contributed by atoms with E-state index >= 15 is 0 Å². The van der Waals surface area contributed by atoms with Crippen LogP contribution < -0.4 is 10.4 Å². The third-order valence-electron chi connectivity index (χ3n) is 11.0. The zero-order chi connectivity index (χ0) is 32.3. The highest BCUT2D eigenvalue weighted by molar-refractivity contribution is 6.11. The highest BCUT2D eigenvalue weighted by Crippen LogP contribution is 2.45. The summed E-state index contributed by atoms with van der Waals surface area (Å²) < 4.78 is 2.55. The molecule has 1 aromatic heterocycles. The van der Waals surface area contributed by atoms with Gasteiger partial charge >= 0.3 is 0 Å². The van der Waals surface area contributed by atoms with E-state index in [1.54, 1.807) is 0 Å². The number of aromatic nitrogens is 1. The summed E-state index contributed by atoms with van der Waals surface area (Å²) in [6.07, 6.45) is 24.3. The zero-order valence-electron chi connectivity index (χ0n) is 27.6. The highest BCUT2D eigenvalue weighted by Gasteiger charge is 2.32. The van der Waals surface area contributed by atoms with E-state index in [1.165, 1.54) is 87.7 Å². The van der Waals surface area contributed by atoms with Crippen LogP contribution in [0.25, 0.3) is 55.0 Å². The molecule has 49 heavy (non-hydrogen) atoms. The van der Waals surface area contributed by atoms with Crippen LogP contribution in [0.2, 0.25) is 0 Å². The Labute approximate surface area is 287 Å². The molecule has 1 unspecified atom stereocenters. The minimum absolute atomic E-state index is 0.254. The van der Waals surface area contributed by atoms with Gasteiger partial charge in [0.25, 0.3) is 0 Å². The molecule has 4 aliphatic carbocycles. The Balaban J connectivity index is 1.38. The van der Waals surface area contributed by atoms with E-state index in [2.05, 4.69) is 162 Å². The first-order valence-corrected chi connectivity index (χ1v) is 17.8. The van der Waals surface area contributed by atoms with E-state index in [1.807, 2.05) is 0 Å². The van der Waals surface area contributed by atoms with Crippen LogP contribution in [0.1, 0.15) is 43.2 Å². The maximum Gasteiger partial charge on any atom is 0.0544 e. The normalized spacial score (nSPS) is 18.7. The van der Waals surface area contributed by atoms with Gasteiger partial charge in [-0.25, -0.2) is 0 Å². The third kappa shape index (κ3) is 4.60. The Morgan fingerprint density at radius 1 is 0.592 bits per heavy atom. The van der Waals surface area contributed by atoms with Crippen LogP contribution >= 0.6 is 0 Å². The molecule has 1 nitrogen and oxygen atoms in total. The number of rotatable bonds is 4. The number of allylic oxidation sites excluding steroid dienone is 12. The molecule has 4 aliphatic rings. The number of hydrogen-bond acceptors (Lipinski definition) is 0. The van der Waals surface area contributed by atoms with Crippen LogP contribution in [0, 0.1) is 5.92 Å². The Morgan fingerprint density at radius 2 is 1.45 bits per heavy atom. The lowest BCUT2D eigenvalue weighted by Crippen LogP contribution is -2.38. The van der Waals surface area contributed by atoms with Gasteiger partial charge in [0.15, 0.2) is 0 Å².